The molecule has 0 aliphatic carbocycles. The van der Waals surface area contributed by atoms with Gasteiger partial charge in [-0.3, -0.25) is 9.36 Å². The summed E-state index contributed by atoms with van der Waals surface area (Å²) < 4.78 is 24.7. The van der Waals surface area contributed by atoms with E-state index < -0.39 is 24.7 Å². The van der Waals surface area contributed by atoms with Crippen LogP contribution in [0.2, 0.25) is 0 Å². The van der Waals surface area contributed by atoms with Crippen LogP contribution in [-0.2, 0) is 0 Å². The number of aromatic nitrogens is 1. The summed E-state index contributed by atoms with van der Waals surface area (Å²) in [5.74, 6) is 0. The fourth-order valence-corrected chi connectivity index (χ4v) is 1.10. The zero-order valence-corrected chi connectivity index (χ0v) is 7.32. The van der Waals surface area contributed by atoms with Crippen LogP contribution in [-0.4, -0.2) is 21.7 Å². The number of pyridine rings is 1. The van der Waals surface area contributed by atoms with Gasteiger partial charge in [0.1, 0.15) is 0 Å². The van der Waals surface area contributed by atoms with Crippen molar-refractivity contribution < 1.29 is 18.8 Å². The SMILES string of the molecule is Cc1cc(B(O)O)c(=O)n(C(F)F)c1. The highest BCUT2D eigenvalue weighted by Gasteiger charge is 2.20. The third-order valence-corrected chi connectivity index (χ3v) is 1.70. The molecule has 0 aliphatic heterocycles. The summed E-state index contributed by atoms with van der Waals surface area (Å²) in [4.78, 5) is 11.2. The summed E-state index contributed by atoms with van der Waals surface area (Å²) in [6.07, 6.45) is 0.957. The van der Waals surface area contributed by atoms with E-state index in [0.717, 1.165) is 12.3 Å². The summed E-state index contributed by atoms with van der Waals surface area (Å²) in [5, 5.41) is 17.5. The van der Waals surface area contributed by atoms with E-state index in [0.29, 0.717) is 5.56 Å². The van der Waals surface area contributed by atoms with E-state index in [1.54, 1.807) is 0 Å². The zero-order valence-electron chi connectivity index (χ0n) is 7.32. The highest BCUT2D eigenvalue weighted by atomic mass is 19.3. The van der Waals surface area contributed by atoms with Crippen LogP contribution in [0.4, 0.5) is 8.78 Å². The van der Waals surface area contributed by atoms with E-state index in [2.05, 4.69) is 0 Å². The zero-order chi connectivity index (χ0) is 10.9. The highest BCUT2D eigenvalue weighted by molar-refractivity contribution is 6.58. The molecule has 0 fully saturated rings. The van der Waals surface area contributed by atoms with Crippen molar-refractivity contribution in [1.82, 2.24) is 4.57 Å². The molecule has 0 spiro atoms. The lowest BCUT2D eigenvalue weighted by Gasteiger charge is -2.07. The van der Waals surface area contributed by atoms with Gasteiger partial charge in [-0.05, 0) is 12.5 Å². The number of halogens is 2. The lowest BCUT2D eigenvalue weighted by atomic mass is 9.81. The molecule has 2 N–H and O–H groups in total. The number of rotatable bonds is 2. The Labute approximate surface area is 78.6 Å². The second-order valence-electron chi connectivity index (χ2n) is 2.84. The van der Waals surface area contributed by atoms with Crippen LogP contribution in [0, 0.1) is 6.92 Å². The Hall–Kier alpha value is -1.21. The number of hydrogen-bond donors (Lipinski definition) is 2. The summed E-state index contributed by atoms with van der Waals surface area (Å²) in [5.41, 5.74) is -1.20. The molecule has 0 atom stereocenters. The van der Waals surface area contributed by atoms with E-state index in [1.807, 2.05) is 0 Å². The molecule has 76 valence electrons. The molecule has 0 bridgehead atoms. The van der Waals surface area contributed by atoms with Crippen molar-refractivity contribution in [2.45, 2.75) is 13.5 Å². The van der Waals surface area contributed by atoms with Gasteiger partial charge in [0, 0.05) is 11.7 Å². The summed E-state index contributed by atoms with van der Waals surface area (Å²) in [7, 11) is -2.03. The second-order valence-corrected chi connectivity index (χ2v) is 2.84. The molecule has 0 saturated carbocycles. The molecule has 0 aromatic carbocycles. The molecule has 14 heavy (non-hydrogen) atoms. The molecule has 1 aromatic rings. The smallest absolute Gasteiger partial charge is 0.423 e. The average Bonchev–Trinajstić information content (AvgIpc) is 2.07. The van der Waals surface area contributed by atoms with Gasteiger partial charge in [0.25, 0.3) is 5.56 Å². The highest BCUT2D eigenvalue weighted by Crippen LogP contribution is 2.06. The van der Waals surface area contributed by atoms with Crippen LogP contribution in [0.5, 0.6) is 0 Å². The number of hydrogen-bond acceptors (Lipinski definition) is 3. The third kappa shape index (κ3) is 1.99. The first-order chi connectivity index (χ1) is 6.43. The van der Waals surface area contributed by atoms with Gasteiger partial charge in [-0.15, -0.1) is 0 Å². The molecule has 1 rings (SSSR count). The molecular weight excluding hydrogens is 195 g/mol. The monoisotopic (exact) mass is 203 g/mol. The minimum Gasteiger partial charge on any atom is -0.423 e. The average molecular weight is 203 g/mol. The fraction of sp³-hybridized carbons (Fsp3) is 0.286. The molecule has 4 nitrogen and oxygen atoms in total. The summed E-state index contributed by atoms with van der Waals surface area (Å²) in [6, 6.07) is 1.16. The molecule has 1 aromatic heterocycles. The van der Waals surface area contributed by atoms with Crippen molar-refractivity contribution in [3.8, 4) is 0 Å². The number of aryl methyl sites for hydroxylation is 1. The fourth-order valence-electron chi connectivity index (χ4n) is 1.10. The maximum Gasteiger partial charge on any atom is 0.494 e. The predicted octanol–water partition coefficient (Wildman–Crippen LogP) is -0.768. The molecule has 0 saturated heterocycles. The molecule has 0 unspecified atom stereocenters. The molecule has 0 amide bonds. The Balaban J connectivity index is 3.40. The van der Waals surface area contributed by atoms with Crippen molar-refractivity contribution >= 4 is 12.6 Å². The lowest BCUT2D eigenvalue weighted by molar-refractivity contribution is 0.0664. The van der Waals surface area contributed by atoms with E-state index in [1.165, 1.54) is 6.92 Å². The largest absolute Gasteiger partial charge is 0.494 e. The van der Waals surface area contributed by atoms with Crippen molar-refractivity contribution in [2.24, 2.45) is 0 Å². The molecule has 0 radical (unpaired) electrons. The maximum absolute atomic E-state index is 12.3. The Kier molecular flexibility index (Phi) is 3.02. The normalized spacial score (nSPS) is 10.7. The van der Waals surface area contributed by atoms with Crippen molar-refractivity contribution in [3.63, 3.8) is 0 Å². The van der Waals surface area contributed by atoms with Gasteiger partial charge in [-0.2, -0.15) is 8.78 Å². The van der Waals surface area contributed by atoms with Crippen LogP contribution >= 0.6 is 0 Å². The van der Waals surface area contributed by atoms with Gasteiger partial charge in [0.2, 0.25) is 0 Å². The quantitative estimate of drug-likeness (QED) is 0.620. The predicted molar refractivity (Wildman–Crippen MR) is 46.5 cm³/mol. The van der Waals surface area contributed by atoms with Gasteiger partial charge in [-0.25, -0.2) is 0 Å². The van der Waals surface area contributed by atoms with Gasteiger partial charge < -0.3 is 10.0 Å². The molecular formula is C7H8BF2NO3. The Morgan fingerprint density at radius 3 is 2.50 bits per heavy atom. The van der Waals surface area contributed by atoms with Crippen LogP contribution < -0.4 is 11.0 Å². The molecule has 0 aliphatic rings. The Bertz CT molecular complexity index is 359. The topological polar surface area (TPSA) is 62.5 Å². The first-order valence-corrected chi connectivity index (χ1v) is 3.80. The van der Waals surface area contributed by atoms with Gasteiger partial charge >= 0.3 is 13.7 Å². The molecule has 7 heteroatoms. The number of alkyl halides is 2. The van der Waals surface area contributed by atoms with Crippen LogP contribution in [0.25, 0.3) is 0 Å². The summed E-state index contributed by atoms with van der Waals surface area (Å²) in [6.45, 7) is -1.51. The van der Waals surface area contributed by atoms with E-state index in [9.17, 15) is 13.6 Å². The van der Waals surface area contributed by atoms with Crippen molar-refractivity contribution in [3.05, 3.63) is 28.2 Å². The lowest BCUT2D eigenvalue weighted by Crippen LogP contribution is -2.46. The van der Waals surface area contributed by atoms with E-state index in [4.69, 9.17) is 10.0 Å². The first-order valence-electron chi connectivity index (χ1n) is 3.80. The van der Waals surface area contributed by atoms with E-state index in [-0.39, 0.29) is 4.57 Å². The Morgan fingerprint density at radius 2 is 2.07 bits per heavy atom. The van der Waals surface area contributed by atoms with Crippen LogP contribution in [0.15, 0.2) is 17.1 Å². The third-order valence-electron chi connectivity index (χ3n) is 1.70. The van der Waals surface area contributed by atoms with Crippen LogP contribution in [0.3, 0.4) is 0 Å². The van der Waals surface area contributed by atoms with Crippen molar-refractivity contribution in [2.75, 3.05) is 0 Å². The minimum absolute atomic E-state index is 0.157. The van der Waals surface area contributed by atoms with Gasteiger partial charge in [0.15, 0.2) is 0 Å². The van der Waals surface area contributed by atoms with Gasteiger partial charge in [-0.1, -0.05) is 6.07 Å². The van der Waals surface area contributed by atoms with Gasteiger partial charge in [0.05, 0.1) is 0 Å². The summed E-state index contributed by atoms with van der Waals surface area (Å²) >= 11 is 0. The number of nitrogens with zero attached hydrogens (tertiary/aromatic N) is 1. The van der Waals surface area contributed by atoms with Crippen LogP contribution in [0.1, 0.15) is 12.1 Å². The second kappa shape index (κ2) is 3.89. The molecule has 1 heterocycles. The van der Waals surface area contributed by atoms with E-state index >= 15 is 0 Å². The minimum atomic E-state index is -2.99. The maximum atomic E-state index is 12.3. The Morgan fingerprint density at radius 1 is 1.50 bits per heavy atom. The van der Waals surface area contributed by atoms with Crippen molar-refractivity contribution in [1.29, 1.82) is 0 Å². The standard InChI is InChI=1S/C7H8BF2NO3/c1-4-2-5(8(13)14)6(12)11(3-4)7(9)10/h2-3,7,13-14H,1H3. The first kappa shape index (κ1) is 10.9.